The van der Waals surface area contributed by atoms with Gasteiger partial charge in [0.2, 0.25) is 5.78 Å². The molecule has 0 bridgehead atoms. The first-order valence-electron chi connectivity index (χ1n) is 12.5. The molecular weight excluding hydrogens is 508 g/mol. The average Bonchev–Trinajstić information content (AvgIpc) is 2.81. The number of primary amides is 1. The smallest absolute Gasteiger partial charge is 0.255 e. The van der Waals surface area contributed by atoms with Gasteiger partial charge in [-0.15, -0.1) is 0 Å². The molecule has 0 unspecified atom stereocenters. The van der Waals surface area contributed by atoms with Gasteiger partial charge in [-0.1, -0.05) is 5.16 Å². The molecule has 4 rings (SSSR count). The zero-order valence-corrected chi connectivity index (χ0v) is 22.7. The van der Waals surface area contributed by atoms with Crippen LogP contribution in [0.15, 0.2) is 28.1 Å². The summed E-state index contributed by atoms with van der Waals surface area (Å²) in [6.07, 6.45) is 0.0884. The van der Waals surface area contributed by atoms with Crippen LogP contribution < -0.4 is 11.5 Å². The van der Waals surface area contributed by atoms with Gasteiger partial charge < -0.3 is 36.7 Å². The van der Waals surface area contributed by atoms with Crippen LogP contribution in [0.5, 0.6) is 5.75 Å². The number of phenolic OH excluding ortho intramolecular Hbond substituents is 1. The molecule has 0 saturated heterocycles. The summed E-state index contributed by atoms with van der Waals surface area (Å²) in [5.74, 6) is -7.30. The number of rotatable bonds is 4. The normalized spacial score (nSPS) is 27.4. The van der Waals surface area contributed by atoms with E-state index < -0.39 is 69.4 Å². The molecule has 3 aliphatic carbocycles. The summed E-state index contributed by atoms with van der Waals surface area (Å²) in [5.41, 5.74) is 8.12. The lowest BCUT2D eigenvalue weighted by Gasteiger charge is -2.50. The van der Waals surface area contributed by atoms with Crippen molar-refractivity contribution in [2.75, 3.05) is 19.8 Å². The number of nitrogens with two attached hydrogens (primary N) is 2. The summed E-state index contributed by atoms with van der Waals surface area (Å²) in [6, 6.07) is 0.337. The molecule has 0 aliphatic heterocycles. The van der Waals surface area contributed by atoms with E-state index in [-0.39, 0.29) is 29.7 Å². The molecule has 12 nitrogen and oxygen atoms in total. The van der Waals surface area contributed by atoms with E-state index in [0.29, 0.717) is 16.8 Å². The van der Waals surface area contributed by atoms with E-state index in [1.807, 2.05) is 20.8 Å². The number of aliphatic hydroxyl groups is 3. The van der Waals surface area contributed by atoms with E-state index in [9.17, 15) is 34.8 Å². The predicted molar refractivity (Wildman–Crippen MR) is 142 cm³/mol. The number of carbonyl (C=O) groups excluding carboxylic acids is 3. The number of carbonyl (C=O) groups is 3. The number of oxime groups is 1. The summed E-state index contributed by atoms with van der Waals surface area (Å²) >= 11 is 0. The third-order valence-electron chi connectivity index (χ3n) is 7.60. The molecule has 0 spiro atoms. The van der Waals surface area contributed by atoms with Gasteiger partial charge >= 0.3 is 0 Å². The number of benzene rings is 1. The molecule has 210 valence electrons. The fraction of sp³-hybridized carbons (Fsp3) is 0.481. The molecule has 1 saturated carbocycles. The minimum absolute atomic E-state index is 0.0228. The number of fused-ring (bicyclic) bond motifs is 3. The van der Waals surface area contributed by atoms with Gasteiger partial charge in [-0.25, -0.2) is 0 Å². The van der Waals surface area contributed by atoms with Gasteiger partial charge in [0.05, 0.1) is 23.0 Å². The van der Waals surface area contributed by atoms with Crippen molar-refractivity contribution in [3.63, 3.8) is 0 Å². The highest BCUT2D eigenvalue weighted by molar-refractivity contribution is 6.24. The first kappa shape index (κ1) is 28.1. The van der Waals surface area contributed by atoms with Gasteiger partial charge in [-0.2, -0.15) is 0 Å². The molecule has 1 aromatic carbocycles. The number of anilines is 1. The van der Waals surface area contributed by atoms with Gasteiger partial charge in [0, 0.05) is 17.1 Å². The minimum Gasteiger partial charge on any atom is -0.508 e. The lowest BCUT2D eigenvalue weighted by Crippen LogP contribution is -2.65. The summed E-state index contributed by atoms with van der Waals surface area (Å²) in [7, 11) is 3.09. The lowest BCUT2D eigenvalue weighted by atomic mass is 9.57. The van der Waals surface area contributed by atoms with Crippen molar-refractivity contribution in [1.82, 2.24) is 4.90 Å². The van der Waals surface area contributed by atoms with Crippen molar-refractivity contribution >= 4 is 34.6 Å². The Morgan fingerprint density at radius 3 is 2.36 bits per heavy atom. The van der Waals surface area contributed by atoms with E-state index in [0.717, 1.165) is 0 Å². The zero-order valence-electron chi connectivity index (χ0n) is 22.7. The summed E-state index contributed by atoms with van der Waals surface area (Å²) < 4.78 is 0. The fourth-order valence-corrected chi connectivity index (χ4v) is 5.91. The highest BCUT2D eigenvalue weighted by Gasteiger charge is 2.64. The number of nitrogen functional groups attached to an aromatic ring is 1. The molecule has 8 N–H and O–H groups in total. The van der Waals surface area contributed by atoms with Crippen LogP contribution >= 0.6 is 0 Å². The third-order valence-corrected chi connectivity index (χ3v) is 7.60. The van der Waals surface area contributed by atoms with E-state index in [1.54, 1.807) is 21.0 Å². The number of aromatic hydroxyl groups is 1. The Labute approximate surface area is 225 Å². The van der Waals surface area contributed by atoms with Crippen LogP contribution in [0.3, 0.4) is 0 Å². The van der Waals surface area contributed by atoms with Gasteiger partial charge in [-0.05, 0) is 72.2 Å². The molecule has 4 atom stereocenters. The SMILES string of the molecule is CC(=NOC(C)(C)C)c1cc(N)c(O)c2c1C[C@H]1C[C@H]3[C@@H](N(C)C)C(=O)C(C(N)=O)=C(O)[C@@]3(O)C(=O)C1=C2O. The van der Waals surface area contributed by atoms with Crippen molar-refractivity contribution in [3.8, 4) is 5.75 Å². The number of nitrogens with zero attached hydrogens (tertiary/aromatic N) is 2. The number of Topliss-reactive ketones (excluding diaryl/α,β-unsaturated/α-hetero) is 2. The second-order valence-corrected chi connectivity index (χ2v) is 11.6. The molecule has 0 heterocycles. The van der Waals surface area contributed by atoms with Gasteiger partial charge in [0.1, 0.15) is 28.4 Å². The Kier molecular flexibility index (Phi) is 6.56. The summed E-state index contributed by atoms with van der Waals surface area (Å²) in [5, 5.41) is 49.0. The highest BCUT2D eigenvalue weighted by Crippen LogP contribution is 2.53. The Morgan fingerprint density at radius 2 is 1.82 bits per heavy atom. The standard InChI is InChI=1S/C27H34N4O8/c1-10(30-39-26(2,3)4)12-9-15(28)20(32)17-13(12)7-11-8-14-19(31(5)6)22(34)18(25(29)37)24(36)27(14,38)23(35)16(11)21(17)33/h9,11,14,19,32-33,36,38H,7-8,28H2,1-6H3,(H2,29,37)/t11-,14-,19+,27-/m0/s1. The molecule has 12 heteroatoms. The Hall–Kier alpha value is -3.90. The summed E-state index contributed by atoms with van der Waals surface area (Å²) in [6.45, 7) is 7.13. The van der Waals surface area contributed by atoms with Crippen molar-refractivity contribution in [2.24, 2.45) is 22.7 Å². The Bertz CT molecular complexity index is 1400. The van der Waals surface area contributed by atoms with Crippen LogP contribution in [-0.2, 0) is 25.6 Å². The molecule has 3 aliphatic rings. The van der Waals surface area contributed by atoms with Crippen molar-refractivity contribution in [1.29, 1.82) is 0 Å². The zero-order chi connectivity index (χ0) is 29.4. The topological polar surface area (TPSA) is 209 Å². The lowest BCUT2D eigenvalue weighted by molar-refractivity contribution is -0.153. The molecule has 1 fully saturated rings. The second-order valence-electron chi connectivity index (χ2n) is 11.6. The maximum absolute atomic E-state index is 13.9. The van der Waals surface area contributed by atoms with Crippen LogP contribution in [0.4, 0.5) is 5.69 Å². The maximum Gasteiger partial charge on any atom is 0.255 e. The number of ketones is 2. The van der Waals surface area contributed by atoms with Crippen LogP contribution in [0, 0.1) is 11.8 Å². The molecule has 1 amide bonds. The number of phenols is 1. The molecule has 39 heavy (non-hydrogen) atoms. The van der Waals surface area contributed by atoms with E-state index in [1.165, 1.54) is 11.0 Å². The van der Waals surface area contributed by atoms with Crippen molar-refractivity contribution in [2.45, 2.75) is 57.8 Å². The van der Waals surface area contributed by atoms with Crippen molar-refractivity contribution in [3.05, 3.63) is 39.7 Å². The largest absolute Gasteiger partial charge is 0.508 e. The molecule has 0 aromatic heterocycles. The second kappa shape index (κ2) is 9.09. The monoisotopic (exact) mass is 542 g/mol. The van der Waals surface area contributed by atoms with Gasteiger partial charge in [-0.3, -0.25) is 19.3 Å². The van der Waals surface area contributed by atoms with E-state index in [2.05, 4.69) is 5.16 Å². The van der Waals surface area contributed by atoms with Crippen LogP contribution in [0.1, 0.15) is 50.8 Å². The molecular formula is C27H34N4O8. The summed E-state index contributed by atoms with van der Waals surface area (Å²) in [4.78, 5) is 46.2. The number of hydrogen-bond acceptors (Lipinski definition) is 11. The van der Waals surface area contributed by atoms with Crippen molar-refractivity contribution < 1.29 is 39.6 Å². The van der Waals surface area contributed by atoms with Gasteiger partial charge in [0.25, 0.3) is 5.91 Å². The number of amides is 1. The molecule has 0 radical (unpaired) electrons. The fourth-order valence-electron chi connectivity index (χ4n) is 5.91. The van der Waals surface area contributed by atoms with Crippen LogP contribution in [-0.4, -0.2) is 79.9 Å². The Morgan fingerprint density at radius 1 is 1.21 bits per heavy atom. The minimum atomic E-state index is -2.71. The average molecular weight is 543 g/mol. The van der Waals surface area contributed by atoms with E-state index >= 15 is 0 Å². The third kappa shape index (κ3) is 4.14. The van der Waals surface area contributed by atoms with Crippen LogP contribution in [0.2, 0.25) is 0 Å². The van der Waals surface area contributed by atoms with Gasteiger partial charge in [0.15, 0.2) is 11.4 Å². The first-order chi connectivity index (χ1) is 17.9. The van der Waals surface area contributed by atoms with Crippen LogP contribution in [0.25, 0.3) is 5.76 Å². The number of aliphatic hydroxyl groups excluding tert-OH is 2. The quantitative estimate of drug-likeness (QED) is 0.105. The first-order valence-corrected chi connectivity index (χ1v) is 12.5. The Balaban J connectivity index is 1.96. The molecule has 1 aromatic rings. The number of hydrogen-bond donors (Lipinski definition) is 6. The highest BCUT2D eigenvalue weighted by atomic mass is 16.6. The predicted octanol–water partition coefficient (Wildman–Crippen LogP) is 1.09. The maximum atomic E-state index is 13.9. The van der Waals surface area contributed by atoms with E-state index in [4.69, 9.17) is 16.3 Å². The number of likely N-dealkylation sites (N-methyl/N-ethyl adjacent to an activating group) is 1.